The van der Waals surface area contributed by atoms with Gasteiger partial charge in [-0.1, -0.05) is 43.7 Å². The molecule has 0 bridgehead atoms. The molecule has 1 saturated heterocycles. The van der Waals surface area contributed by atoms with E-state index in [1.807, 2.05) is 0 Å². The number of hydrogen-bond acceptors (Lipinski definition) is 3. The maximum Gasteiger partial charge on any atom is 0.323 e. The minimum Gasteiger partial charge on any atom is -0.480 e. The van der Waals surface area contributed by atoms with Crippen molar-refractivity contribution in [3.05, 3.63) is 35.9 Å². The zero-order valence-corrected chi connectivity index (χ0v) is 18.6. The average molecular weight is 414 g/mol. The van der Waals surface area contributed by atoms with Gasteiger partial charge in [0.15, 0.2) is 0 Å². The Bertz CT molecular complexity index is 795. The van der Waals surface area contributed by atoms with E-state index in [9.17, 15) is 14.7 Å². The van der Waals surface area contributed by atoms with E-state index in [0.717, 1.165) is 45.1 Å². The Morgan fingerprint density at radius 1 is 1.07 bits per heavy atom. The van der Waals surface area contributed by atoms with E-state index in [2.05, 4.69) is 61.2 Å². The van der Waals surface area contributed by atoms with Crippen molar-refractivity contribution < 1.29 is 14.7 Å². The smallest absolute Gasteiger partial charge is 0.323 e. The van der Waals surface area contributed by atoms with Gasteiger partial charge in [0, 0.05) is 18.6 Å². The van der Waals surface area contributed by atoms with E-state index in [1.165, 1.54) is 12.0 Å². The number of amides is 2. The largest absolute Gasteiger partial charge is 0.480 e. The van der Waals surface area contributed by atoms with E-state index in [-0.39, 0.29) is 29.1 Å². The number of urea groups is 1. The van der Waals surface area contributed by atoms with Gasteiger partial charge in [-0.25, -0.2) is 4.79 Å². The van der Waals surface area contributed by atoms with E-state index < -0.39 is 5.97 Å². The van der Waals surface area contributed by atoms with Gasteiger partial charge in [-0.3, -0.25) is 9.69 Å². The molecule has 0 radical (unpaired) electrons. The summed E-state index contributed by atoms with van der Waals surface area (Å²) in [4.78, 5) is 30.6. The fourth-order valence-corrected chi connectivity index (χ4v) is 6.02. The van der Waals surface area contributed by atoms with Crippen molar-refractivity contribution in [3.8, 4) is 0 Å². The summed E-state index contributed by atoms with van der Waals surface area (Å²) in [5.74, 6) is -0.932. The summed E-state index contributed by atoms with van der Waals surface area (Å²) in [5, 5.41) is 9.34. The lowest BCUT2D eigenvalue weighted by atomic mass is 9.66. The summed E-state index contributed by atoms with van der Waals surface area (Å²) in [6.07, 6.45) is 7.25. The molecule has 1 aromatic rings. The van der Waals surface area contributed by atoms with Gasteiger partial charge in [0.05, 0.1) is 5.54 Å². The highest BCUT2D eigenvalue weighted by Gasteiger charge is 2.56. The van der Waals surface area contributed by atoms with Crippen LogP contribution in [0.1, 0.15) is 57.4 Å². The fraction of sp³-hybridized carbons (Fsp3) is 0.667. The van der Waals surface area contributed by atoms with E-state index in [1.54, 1.807) is 4.90 Å². The van der Waals surface area contributed by atoms with Gasteiger partial charge in [-0.05, 0) is 63.6 Å². The molecule has 2 amide bonds. The Morgan fingerprint density at radius 2 is 1.70 bits per heavy atom. The third kappa shape index (κ3) is 3.49. The topological polar surface area (TPSA) is 64.1 Å². The molecule has 2 saturated carbocycles. The first-order valence-electron chi connectivity index (χ1n) is 11.2. The van der Waals surface area contributed by atoms with Crippen LogP contribution < -0.4 is 0 Å². The molecule has 3 aliphatic rings. The van der Waals surface area contributed by atoms with Crippen molar-refractivity contribution in [2.75, 3.05) is 33.7 Å². The number of aliphatic carboxylic acids is 1. The van der Waals surface area contributed by atoms with Crippen LogP contribution in [0.15, 0.2) is 30.3 Å². The highest BCUT2D eigenvalue weighted by Crippen LogP contribution is 2.51. The number of carbonyl (C=O) groups excluding carboxylic acids is 1. The molecule has 1 aliphatic heterocycles. The number of carbonyl (C=O) groups is 2. The Balaban J connectivity index is 1.61. The van der Waals surface area contributed by atoms with Crippen LogP contribution >= 0.6 is 0 Å². The summed E-state index contributed by atoms with van der Waals surface area (Å²) >= 11 is 0. The van der Waals surface area contributed by atoms with Gasteiger partial charge in [0.2, 0.25) is 0 Å². The summed E-state index contributed by atoms with van der Waals surface area (Å²) in [5.41, 5.74) is 1.22. The van der Waals surface area contributed by atoms with Crippen LogP contribution in [0.4, 0.5) is 4.79 Å². The molecule has 6 nitrogen and oxygen atoms in total. The van der Waals surface area contributed by atoms with Gasteiger partial charge in [-0.2, -0.15) is 0 Å². The van der Waals surface area contributed by atoms with Gasteiger partial charge in [-0.15, -0.1) is 0 Å². The SMILES string of the molecule is CN(C)[C@]1(c2ccccc2)CC[C@@]2(CC1)CN(CC(=O)O)C(=O)N2CC1(C)CCC1. The molecule has 1 heterocycles. The molecule has 2 aliphatic carbocycles. The lowest BCUT2D eigenvalue weighted by Gasteiger charge is -2.53. The van der Waals surface area contributed by atoms with Crippen molar-refractivity contribution in [2.45, 2.75) is 62.9 Å². The van der Waals surface area contributed by atoms with Gasteiger partial charge in [0.1, 0.15) is 6.54 Å². The molecule has 1 N–H and O–H groups in total. The first-order chi connectivity index (χ1) is 14.2. The number of benzene rings is 1. The number of rotatable bonds is 6. The highest BCUT2D eigenvalue weighted by atomic mass is 16.4. The van der Waals surface area contributed by atoms with Gasteiger partial charge < -0.3 is 14.9 Å². The normalized spacial score (nSPS) is 30.7. The highest BCUT2D eigenvalue weighted by molar-refractivity contribution is 5.83. The molecule has 0 unspecified atom stereocenters. The predicted molar refractivity (Wildman–Crippen MR) is 116 cm³/mol. The second-order valence-corrected chi connectivity index (χ2v) is 10.3. The van der Waals surface area contributed by atoms with Crippen LogP contribution in [0.3, 0.4) is 0 Å². The third-order valence-electron chi connectivity index (χ3n) is 8.16. The maximum atomic E-state index is 13.3. The average Bonchev–Trinajstić information content (AvgIpc) is 2.93. The minimum atomic E-state index is -0.932. The second kappa shape index (κ2) is 7.56. The first-order valence-corrected chi connectivity index (χ1v) is 11.2. The molecule has 164 valence electrons. The van der Waals surface area contributed by atoms with Crippen LogP contribution in [0, 0.1) is 5.41 Å². The lowest BCUT2D eigenvalue weighted by molar-refractivity contribution is -0.137. The zero-order chi connectivity index (χ0) is 21.6. The van der Waals surface area contributed by atoms with Crippen LogP contribution in [0.5, 0.6) is 0 Å². The van der Waals surface area contributed by atoms with Gasteiger partial charge >= 0.3 is 12.0 Å². The molecule has 4 rings (SSSR count). The Hall–Kier alpha value is -2.08. The Labute approximate surface area is 179 Å². The van der Waals surface area contributed by atoms with Crippen LogP contribution in [-0.4, -0.2) is 71.1 Å². The number of carboxylic acids is 1. The number of hydrogen-bond donors (Lipinski definition) is 1. The number of nitrogens with zero attached hydrogens (tertiary/aromatic N) is 3. The maximum absolute atomic E-state index is 13.3. The Morgan fingerprint density at radius 3 is 2.20 bits per heavy atom. The summed E-state index contributed by atoms with van der Waals surface area (Å²) < 4.78 is 0. The Kier molecular flexibility index (Phi) is 5.33. The van der Waals surface area contributed by atoms with Crippen LogP contribution in [-0.2, 0) is 10.3 Å². The summed E-state index contributed by atoms with van der Waals surface area (Å²) in [6, 6.07) is 10.6. The van der Waals surface area contributed by atoms with Crippen LogP contribution in [0.2, 0.25) is 0 Å². The standard InChI is InChI=1S/C24H35N3O3/c1-22(10-7-11-22)17-27-21(30)26(16-20(28)29)18-23(27)12-14-24(15-13-23,25(2)3)19-8-5-4-6-9-19/h4-6,8-9H,7,10-18H2,1-3H3,(H,28,29)/t23-,24-. The molecule has 0 aromatic heterocycles. The third-order valence-corrected chi connectivity index (χ3v) is 8.16. The minimum absolute atomic E-state index is 0.0399. The van der Waals surface area contributed by atoms with E-state index >= 15 is 0 Å². The molecule has 6 heteroatoms. The molecule has 30 heavy (non-hydrogen) atoms. The van der Waals surface area contributed by atoms with Crippen molar-refractivity contribution in [2.24, 2.45) is 5.41 Å². The lowest BCUT2D eigenvalue weighted by Crippen LogP contribution is -2.57. The molecular formula is C24H35N3O3. The molecule has 3 fully saturated rings. The summed E-state index contributed by atoms with van der Waals surface area (Å²) in [6.45, 7) is 3.36. The van der Waals surface area contributed by atoms with Crippen molar-refractivity contribution in [1.82, 2.24) is 14.7 Å². The zero-order valence-electron chi connectivity index (χ0n) is 18.6. The molecule has 0 atom stereocenters. The van der Waals surface area contributed by atoms with Crippen molar-refractivity contribution in [1.29, 1.82) is 0 Å². The van der Waals surface area contributed by atoms with Gasteiger partial charge in [0.25, 0.3) is 0 Å². The van der Waals surface area contributed by atoms with E-state index in [0.29, 0.717) is 6.54 Å². The van der Waals surface area contributed by atoms with E-state index in [4.69, 9.17) is 0 Å². The van der Waals surface area contributed by atoms with Crippen molar-refractivity contribution in [3.63, 3.8) is 0 Å². The molecule has 1 spiro atoms. The molecular weight excluding hydrogens is 378 g/mol. The quantitative estimate of drug-likeness (QED) is 0.771. The second-order valence-electron chi connectivity index (χ2n) is 10.3. The fourth-order valence-electron chi connectivity index (χ4n) is 6.02. The predicted octanol–water partition coefficient (Wildman–Crippen LogP) is 3.77. The van der Waals surface area contributed by atoms with Crippen molar-refractivity contribution >= 4 is 12.0 Å². The number of carboxylic acid groups (broad SMARTS) is 1. The van der Waals surface area contributed by atoms with Crippen LogP contribution in [0.25, 0.3) is 0 Å². The summed E-state index contributed by atoms with van der Waals surface area (Å²) in [7, 11) is 4.30. The first kappa shape index (κ1) is 21.2. The monoisotopic (exact) mass is 413 g/mol. The molecule has 1 aromatic carbocycles.